The van der Waals surface area contributed by atoms with Crippen molar-refractivity contribution in [1.82, 2.24) is 4.90 Å². The summed E-state index contributed by atoms with van der Waals surface area (Å²) >= 11 is 0. The molecule has 0 atom stereocenters. The second-order valence-electron chi connectivity index (χ2n) is 4.94. The van der Waals surface area contributed by atoms with Crippen molar-refractivity contribution in [2.75, 3.05) is 0 Å². The van der Waals surface area contributed by atoms with Crippen LogP contribution in [0, 0.1) is 5.82 Å². The highest BCUT2D eigenvalue weighted by atomic mass is 19.1. The smallest absolute Gasteiger partial charge is 0.123 e. The molecule has 0 saturated carbocycles. The Morgan fingerprint density at radius 1 is 1.14 bits per heavy atom. The first-order valence-electron chi connectivity index (χ1n) is 4.99. The van der Waals surface area contributed by atoms with E-state index in [-0.39, 0.29) is 11.4 Å². The molecule has 1 aliphatic heterocycles. The zero-order valence-electron chi connectivity index (χ0n) is 8.97. The summed E-state index contributed by atoms with van der Waals surface area (Å²) in [5, 5.41) is 0. The van der Waals surface area contributed by atoms with E-state index in [0.717, 1.165) is 18.7 Å². The minimum absolute atomic E-state index is 0.125. The van der Waals surface area contributed by atoms with Crippen LogP contribution in [0.3, 0.4) is 0 Å². The number of halogens is 1. The third kappa shape index (κ3) is 1.67. The summed E-state index contributed by atoms with van der Waals surface area (Å²) in [6, 6.07) is 5.10. The molecule has 2 rings (SSSR count). The van der Waals surface area contributed by atoms with Crippen molar-refractivity contribution in [1.29, 1.82) is 0 Å². The molecule has 0 saturated heterocycles. The third-order valence-corrected chi connectivity index (χ3v) is 2.84. The topological polar surface area (TPSA) is 3.24 Å². The highest BCUT2D eigenvalue weighted by Crippen LogP contribution is 2.29. The van der Waals surface area contributed by atoms with Gasteiger partial charge in [-0.1, -0.05) is 6.07 Å². The Bertz CT molecular complexity index is 352. The van der Waals surface area contributed by atoms with Gasteiger partial charge in [0, 0.05) is 18.6 Å². The lowest BCUT2D eigenvalue weighted by molar-refractivity contribution is 0.136. The minimum atomic E-state index is -0.125. The highest BCUT2D eigenvalue weighted by Gasteiger charge is 2.27. The molecule has 1 aliphatic rings. The summed E-state index contributed by atoms with van der Waals surface area (Å²) in [4.78, 5) is 2.36. The van der Waals surface area contributed by atoms with Gasteiger partial charge in [-0.2, -0.15) is 0 Å². The van der Waals surface area contributed by atoms with Crippen molar-refractivity contribution in [3.63, 3.8) is 0 Å². The Hall–Kier alpha value is -0.890. The molecule has 1 nitrogen and oxygen atoms in total. The third-order valence-electron chi connectivity index (χ3n) is 2.84. The second-order valence-corrected chi connectivity index (χ2v) is 4.94. The second kappa shape index (κ2) is 3.06. The molecule has 14 heavy (non-hydrogen) atoms. The van der Waals surface area contributed by atoms with E-state index in [9.17, 15) is 4.39 Å². The first-order valence-corrected chi connectivity index (χ1v) is 4.99. The summed E-state index contributed by atoms with van der Waals surface area (Å²) in [5.74, 6) is -0.125. The van der Waals surface area contributed by atoms with Gasteiger partial charge in [0.1, 0.15) is 5.82 Å². The number of fused-ring (bicyclic) bond motifs is 1. The molecule has 0 amide bonds. The van der Waals surface area contributed by atoms with Crippen LogP contribution in [-0.4, -0.2) is 10.4 Å². The lowest BCUT2D eigenvalue weighted by Crippen LogP contribution is -2.36. The molecule has 0 radical (unpaired) electrons. The summed E-state index contributed by atoms with van der Waals surface area (Å²) in [7, 11) is 0. The van der Waals surface area contributed by atoms with Gasteiger partial charge in [-0.25, -0.2) is 4.39 Å². The van der Waals surface area contributed by atoms with Gasteiger partial charge in [0.05, 0.1) is 0 Å². The number of benzene rings is 1. The molecule has 0 N–H and O–H groups in total. The molecule has 1 heterocycles. The van der Waals surface area contributed by atoms with Gasteiger partial charge in [-0.15, -0.1) is 0 Å². The van der Waals surface area contributed by atoms with Crippen LogP contribution in [0.5, 0.6) is 0 Å². The highest BCUT2D eigenvalue weighted by molar-refractivity contribution is 5.31. The fourth-order valence-electron chi connectivity index (χ4n) is 1.84. The largest absolute Gasteiger partial charge is 0.290 e. The van der Waals surface area contributed by atoms with E-state index in [0.29, 0.717) is 0 Å². The SMILES string of the molecule is CC(C)(C)N1Cc2ccc(F)cc2C1. The molecule has 0 fully saturated rings. The van der Waals surface area contributed by atoms with Gasteiger partial charge in [0.15, 0.2) is 0 Å². The van der Waals surface area contributed by atoms with Gasteiger partial charge < -0.3 is 0 Å². The summed E-state index contributed by atoms with van der Waals surface area (Å²) in [5.41, 5.74) is 2.57. The molecular formula is C12H16FN. The van der Waals surface area contributed by atoms with Gasteiger partial charge in [0.2, 0.25) is 0 Å². The lowest BCUT2D eigenvalue weighted by atomic mass is 10.1. The Labute approximate surface area is 84.5 Å². The average molecular weight is 193 g/mol. The van der Waals surface area contributed by atoms with Crippen molar-refractivity contribution in [2.24, 2.45) is 0 Å². The molecule has 0 unspecified atom stereocenters. The number of rotatable bonds is 0. The van der Waals surface area contributed by atoms with Crippen molar-refractivity contribution >= 4 is 0 Å². The maximum atomic E-state index is 13.0. The van der Waals surface area contributed by atoms with E-state index in [1.165, 1.54) is 5.56 Å². The molecule has 1 aromatic rings. The van der Waals surface area contributed by atoms with Crippen LogP contribution in [0.15, 0.2) is 18.2 Å². The molecule has 0 aromatic heterocycles. The summed E-state index contributed by atoms with van der Waals surface area (Å²) in [6.07, 6.45) is 0. The van der Waals surface area contributed by atoms with E-state index in [1.807, 2.05) is 6.07 Å². The monoisotopic (exact) mass is 193 g/mol. The van der Waals surface area contributed by atoms with Gasteiger partial charge in [-0.05, 0) is 44.0 Å². The molecule has 2 heteroatoms. The Kier molecular flexibility index (Phi) is 2.11. The maximum Gasteiger partial charge on any atom is 0.123 e. The first-order chi connectivity index (χ1) is 6.47. The first kappa shape index (κ1) is 9.66. The van der Waals surface area contributed by atoms with Gasteiger partial charge in [-0.3, -0.25) is 4.90 Å². The van der Waals surface area contributed by atoms with Crippen LogP contribution in [0.1, 0.15) is 31.9 Å². The maximum absolute atomic E-state index is 13.0. The van der Waals surface area contributed by atoms with E-state index in [2.05, 4.69) is 25.7 Å². The van der Waals surface area contributed by atoms with Crippen LogP contribution in [0.4, 0.5) is 4.39 Å². The van der Waals surface area contributed by atoms with E-state index in [4.69, 9.17) is 0 Å². The van der Waals surface area contributed by atoms with Crippen LogP contribution >= 0.6 is 0 Å². The van der Waals surface area contributed by atoms with Gasteiger partial charge in [0.25, 0.3) is 0 Å². The Balaban J connectivity index is 2.26. The Morgan fingerprint density at radius 3 is 2.43 bits per heavy atom. The van der Waals surface area contributed by atoms with Crippen LogP contribution in [-0.2, 0) is 13.1 Å². The molecule has 76 valence electrons. The van der Waals surface area contributed by atoms with Gasteiger partial charge >= 0.3 is 0 Å². The zero-order chi connectivity index (χ0) is 10.3. The van der Waals surface area contributed by atoms with Crippen molar-refractivity contribution < 1.29 is 4.39 Å². The fourth-order valence-corrected chi connectivity index (χ4v) is 1.84. The fraction of sp³-hybridized carbons (Fsp3) is 0.500. The Morgan fingerprint density at radius 2 is 1.79 bits per heavy atom. The molecule has 0 spiro atoms. The summed E-state index contributed by atoms with van der Waals surface area (Å²) < 4.78 is 13.0. The lowest BCUT2D eigenvalue weighted by Gasteiger charge is -2.31. The summed E-state index contributed by atoms with van der Waals surface area (Å²) in [6.45, 7) is 8.38. The normalized spacial score (nSPS) is 17.1. The predicted octanol–water partition coefficient (Wildman–Crippen LogP) is 2.94. The van der Waals surface area contributed by atoms with E-state index < -0.39 is 0 Å². The predicted molar refractivity (Wildman–Crippen MR) is 55.4 cm³/mol. The molecule has 0 aliphatic carbocycles. The van der Waals surface area contributed by atoms with Crippen LogP contribution in [0.25, 0.3) is 0 Å². The standard InChI is InChI=1S/C12H16FN/c1-12(2,3)14-7-9-4-5-11(13)6-10(9)8-14/h4-6H,7-8H2,1-3H3. The van der Waals surface area contributed by atoms with Crippen molar-refractivity contribution in [2.45, 2.75) is 39.4 Å². The molecule has 1 aromatic carbocycles. The number of hydrogen-bond acceptors (Lipinski definition) is 1. The number of hydrogen-bond donors (Lipinski definition) is 0. The average Bonchev–Trinajstić information content (AvgIpc) is 2.45. The van der Waals surface area contributed by atoms with E-state index >= 15 is 0 Å². The van der Waals surface area contributed by atoms with Crippen molar-refractivity contribution in [3.8, 4) is 0 Å². The zero-order valence-corrected chi connectivity index (χ0v) is 8.97. The van der Waals surface area contributed by atoms with E-state index in [1.54, 1.807) is 12.1 Å². The number of nitrogens with zero attached hydrogens (tertiary/aromatic N) is 1. The molecule has 0 bridgehead atoms. The minimum Gasteiger partial charge on any atom is -0.290 e. The van der Waals surface area contributed by atoms with Crippen molar-refractivity contribution in [3.05, 3.63) is 35.1 Å². The quantitative estimate of drug-likeness (QED) is 0.612. The van der Waals surface area contributed by atoms with Crippen LogP contribution in [0.2, 0.25) is 0 Å². The molecular weight excluding hydrogens is 177 g/mol. The van der Waals surface area contributed by atoms with Crippen LogP contribution < -0.4 is 0 Å².